The summed E-state index contributed by atoms with van der Waals surface area (Å²) in [5, 5.41) is 12.2. The van der Waals surface area contributed by atoms with E-state index < -0.39 is 22.0 Å². The number of carboxylic acids is 1. The molecule has 1 aromatic carbocycles. The minimum atomic E-state index is -3.84. The first-order chi connectivity index (χ1) is 11.5. The number of carboxylic acid groups (broad SMARTS) is 1. The normalized spacial score (nSPS) is 18.6. The van der Waals surface area contributed by atoms with Gasteiger partial charge in [-0.15, -0.1) is 11.3 Å². The van der Waals surface area contributed by atoms with E-state index in [1.165, 1.54) is 6.07 Å². The first kappa shape index (κ1) is 15.4. The Labute approximate surface area is 142 Å². The number of hydrogen-bond acceptors (Lipinski definition) is 4. The number of aliphatic carboxylic acids is 1. The highest BCUT2D eigenvalue weighted by atomic mass is 32.2. The lowest BCUT2D eigenvalue weighted by Crippen LogP contribution is -2.48. The van der Waals surface area contributed by atoms with Crippen LogP contribution in [0.5, 0.6) is 0 Å². The van der Waals surface area contributed by atoms with Crippen LogP contribution in [-0.2, 0) is 27.8 Å². The number of rotatable bonds is 3. The largest absolute Gasteiger partial charge is 0.480 e. The van der Waals surface area contributed by atoms with Gasteiger partial charge in [-0.1, -0.05) is 24.3 Å². The number of nitrogens with zero attached hydrogens (tertiary/aromatic N) is 1. The van der Waals surface area contributed by atoms with Crippen molar-refractivity contribution in [2.24, 2.45) is 0 Å². The van der Waals surface area contributed by atoms with E-state index in [1.807, 2.05) is 24.3 Å². The van der Waals surface area contributed by atoms with Crippen LogP contribution >= 0.6 is 11.3 Å². The Morgan fingerprint density at radius 3 is 2.75 bits per heavy atom. The predicted molar refractivity (Wildman–Crippen MR) is 90.5 cm³/mol. The Kier molecular flexibility index (Phi) is 3.48. The van der Waals surface area contributed by atoms with Crippen LogP contribution in [0.1, 0.15) is 11.3 Å². The molecule has 124 valence electrons. The molecule has 3 heterocycles. The molecule has 1 aliphatic rings. The van der Waals surface area contributed by atoms with E-state index in [1.54, 1.807) is 11.4 Å². The summed E-state index contributed by atoms with van der Waals surface area (Å²) >= 11 is 1.09. The molecule has 6 nitrogen and oxygen atoms in total. The first-order valence-corrected chi connectivity index (χ1v) is 9.67. The maximum atomic E-state index is 12.8. The van der Waals surface area contributed by atoms with Crippen LogP contribution in [0, 0.1) is 0 Å². The average Bonchev–Trinajstić information content (AvgIpc) is 3.21. The lowest BCUT2D eigenvalue weighted by Gasteiger charge is -2.31. The number of nitrogens with one attached hydrogen (secondary N) is 1. The third-order valence-corrected chi connectivity index (χ3v) is 7.53. The summed E-state index contributed by atoms with van der Waals surface area (Å²) in [7, 11) is -3.84. The van der Waals surface area contributed by atoms with Crippen molar-refractivity contribution in [1.82, 2.24) is 9.29 Å². The third kappa shape index (κ3) is 2.26. The van der Waals surface area contributed by atoms with Crippen LogP contribution in [0.2, 0.25) is 0 Å². The number of H-pyrrole nitrogens is 1. The highest BCUT2D eigenvalue weighted by Gasteiger charge is 2.41. The zero-order valence-electron chi connectivity index (χ0n) is 12.5. The highest BCUT2D eigenvalue weighted by Crippen LogP contribution is 2.34. The van der Waals surface area contributed by atoms with Gasteiger partial charge in [-0.2, -0.15) is 4.31 Å². The van der Waals surface area contributed by atoms with Gasteiger partial charge in [0.2, 0.25) is 0 Å². The summed E-state index contributed by atoms with van der Waals surface area (Å²) in [6.07, 6.45) is 0.152. The number of carbonyl (C=O) groups is 1. The van der Waals surface area contributed by atoms with E-state index >= 15 is 0 Å². The lowest BCUT2D eigenvalue weighted by atomic mass is 9.99. The standard InChI is InChI=1S/C16H14N2O4S2/c19-16(20)14-8-11-10-4-1-2-5-12(10)17-13(11)9-18(14)24(21,22)15-6-3-7-23-15/h1-7,14,17H,8-9H2,(H,19,20). The minimum Gasteiger partial charge on any atom is -0.480 e. The van der Waals surface area contributed by atoms with Crippen LogP contribution in [0.25, 0.3) is 10.9 Å². The second-order valence-corrected chi connectivity index (χ2v) is 8.73. The van der Waals surface area contributed by atoms with Gasteiger partial charge >= 0.3 is 5.97 Å². The number of thiophene rings is 1. The molecule has 0 spiro atoms. The fourth-order valence-electron chi connectivity index (χ4n) is 3.17. The molecule has 0 aliphatic carbocycles. The molecule has 8 heteroatoms. The number of benzene rings is 1. The van der Waals surface area contributed by atoms with Crippen molar-refractivity contribution in [2.45, 2.75) is 23.2 Å². The van der Waals surface area contributed by atoms with Crippen LogP contribution in [0.15, 0.2) is 46.0 Å². The van der Waals surface area contributed by atoms with Crippen molar-refractivity contribution < 1.29 is 18.3 Å². The smallest absolute Gasteiger partial charge is 0.322 e. The molecule has 3 aromatic rings. The van der Waals surface area contributed by atoms with Gasteiger partial charge in [0.25, 0.3) is 10.0 Å². The maximum Gasteiger partial charge on any atom is 0.322 e. The Morgan fingerprint density at radius 1 is 1.25 bits per heavy atom. The van der Waals surface area contributed by atoms with Gasteiger partial charge in [0, 0.05) is 23.0 Å². The van der Waals surface area contributed by atoms with Crippen molar-refractivity contribution >= 4 is 38.2 Å². The Hall–Kier alpha value is -2.16. The van der Waals surface area contributed by atoms with Gasteiger partial charge in [0.05, 0.1) is 6.54 Å². The van der Waals surface area contributed by atoms with E-state index in [0.29, 0.717) is 0 Å². The SMILES string of the molecule is O=C(O)C1Cc2c([nH]c3ccccc23)CN1S(=O)(=O)c1cccs1. The molecule has 0 saturated heterocycles. The van der Waals surface area contributed by atoms with Crippen LogP contribution in [-0.4, -0.2) is 34.8 Å². The van der Waals surface area contributed by atoms with Crippen molar-refractivity contribution in [3.63, 3.8) is 0 Å². The second-order valence-electron chi connectivity index (χ2n) is 5.67. The molecule has 0 radical (unpaired) electrons. The Morgan fingerprint density at radius 2 is 2.04 bits per heavy atom. The number of aromatic nitrogens is 1. The monoisotopic (exact) mass is 362 g/mol. The van der Waals surface area contributed by atoms with Gasteiger partial charge in [0.15, 0.2) is 0 Å². The third-order valence-electron chi connectivity index (χ3n) is 4.30. The zero-order valence-corrected chi connectivity index (χ0v) is 14.1. The molecule has 0 amide bonds. The fraction of sp³-hybridized carbons (Fsp3) is 0.188. The summed E-state index contributed by atoms with van der Waals surface area (Å²) in [5.74, 6) is -1.13. The molecular weight excluding hydrogens is 348 g/mol. The Bertz CT molecular complexity index is 1020. The summed E-state index contributed by atoms with van der Waals surface area (Å²) < 4.78 is 26.9. The molecule has 1 aliphatic heterocycles. The molecule has 1 atom stereocenters. The minimum absolute atomic E-state index is 0.0290. The molecule has 1 unspecified atom stereocenters. The van der Waals surface area contributed by atoms with Gasteiger partial charge in [-0.05, 0) is 23.1 Å². The summed E-state index contributed by atoms with van der Waals surface area (Å²) in [6, 6.07) is 9.64. The molecule has 24 heavy (non-hydrogen) atoms. The number of sulfonamides is 1. The molecule has 0 saturated carbocycles. The first-order valence-electron chi connectivity index (χ1n) is 7.35. The van der Waals surface area contributed by atoms with Crippen LogP contribution in [0.3, 0.4) is 0 Å². The number of hydrogen-bond donors (Lipinski definition) is 2. The van der Waals surface area contributed by atoms with Crippen molar-refractivity contribution in [1.29, 1.82) is 0 Å². The van der Waals surface area contributed by atoms with Crippen molar-refractivity contribution in [3.8, 4) is 0 Å². The fourth-order valence-corrected chi connectivity index (χ4v) is 5.84. The zero-order chi connectivity index (χ0) is 16.9. The molecule has 4 rings (SSSR count). The van der Waals surface area contributed by atoms with Gasteiger partial charge in [0.1, 0.15) is 10.3 Å². The quantitative estimate of drug-likeness (QED) is 0.749. The van der Waals surface area contributed by atoms with E-state index in [2.05, 4.69) is 4.98 Å². The van der Waals surface area contributed by atoms with Gasteiger partial charge in [-0.3, -0.25) is 4.79 Å². The van der Waals surface area contributed by atoms with Gasteiger partial charge < -0.3 is 10.1 Å². The molecule has 0 bridgehead atoms. The molecule has 0 fully saturated rings. The van der Waals surface area contributed by atoms with Crippen molar-refractivity contribution in [2.75, 3.05) is 0 Å². The second kappa shape index (κ2) is 5.44. The van der Waals surface area contributed by atoms with E-state index in [4.69, 9.17) is 0 Å². The Balaban J connectivity index is 1.85. The molecule has 2 N–H and O–H groups in total. The van der Waals surface area contributed by atoms with E-state index in [-0.39, 0.29) is 17.2 Å². The van der Waals surface area contributed by atoms with E-state index in [9.17, 15) is 18.3 Å². The summed E-state index contributed by atoms with van der Waals surface area (Å²) in [5.41, 5.74) is 2.53. The molecular formula is C16H14N2O4S2. The highest BCUT2D eigenvalue weighted by molar-refractivity contribution is 7.91. The van der Waals surface area contributed by atoms with Gasteiger partial charge in [-0.25, -0.2) is 8.42 Å². The topological polar surface area (TPSA) is 90.5 Å². The van der Waals surface area contributed by atoms with Crippen LogP contribution < -0.4 is 0 Å². The number of para-hydroxylation sites is 1. The predicted octanol–water partition coefficient (Wildman–Crippen LogP) is 2.43. The maximum absolute atomic E-state index is 12.8. The average molecular weight is 362 g/mol. The van der Waals surface area contributed by atoms with Crippen molar-refractivity contribution in [3.05, 3.63) is 53.0 Å². The molecule has 2 aromatic heterocycles. The van der Waals surface area contributed by atoms with Crippen LogP contribution in [0.4, 0.5) is 0 Å². The number of fused-ring (bicyclic) bond motifs is 3. The lowest BCUT2D eigenvalue weighted by molar-refractivity contribution is -0.141. The summed E-state index contributed by atoms with van der Waals surface area (Å²) in [6.45, 7) is 0.0290. The van der Waals surface area contributed by atoms with E-state index in [0.717, 1.165) is 37.8 Å². The summed E-state index contributed by atoms with van der Waals surface area (Å²) in [4.78, 5) is 15.0. The number of aromatic amines is 1.